The second-order valence-electron chi connectivity index (χ2n) is 2.71. The van der Waals surface area contributed by atoms with E-state index in [-0.39, 0.29) is 19.0 Å². The van der Waals surface area contributed by atoms with Crippen molar-refractivity contribution in [3.05, 3.63) is 0 Å². The molecule has 1 atom stereocenters. The fourth-order valence-electron chi connectivity index (χ4n) is 1.09. The Morgan fingerprint density at radius 2 is 2.36 bits per heavy atom. The maximum atomic E-state index is 12.0. The van der Waals surface area contributed by atoms with Crippen LogP contribution in [0.2, 0.25) is 0 Å². The first kappa shape index (κ1) is 8.39. The van der Waals surface area contributed by atoms with Gasteiger partial charge in [-0.2, -0.15) is 0 Å². The van der Waals surface area contributed by atoms with Gasteiger partial charge in [0.2, 0.25) is 5.91 Å². The molecule has 1 fully saturated rings. The molecule has 64 valence electrons. The number of halogens is 2. The van der Waals surface area contributed by atoms with Gasteiger partial charge in [-0.3, -0.25) is 9.69 Å². The first-order valence-electron chi connectivity index (χ1n) is 3.35. The highest BCUT2D eigenvalue weighted by Gasteiger charge is 2.28. The Balaban J connectivity index is 2.49. The number of carbonyl (C=O) groups excluding carboxylic acids is 1. The molecule has 0 bridgehead atoms. The summed E-state index contributed by atoms with van der Waals surface area (Å²) in [6, 6.07) is -0.999. The molecule has 0 aromatic rings. The number of amides is 1. The fraction of sp³-hybridized carbons (Fsp3) is 0.833. The van der Waals surface area contributed by atoms with Crippen LogP contribution in [-0.2, 0) is 4.79 Å². The minimum atomic E-state index is -2.47. The fourth-order valence-corrected chi connectivity index (χ4v) is 1.09. The molecule has 0 saturated carbocycles. The van der Waals surface area contributed by atoms with E-state index in [1.165, 1.54) is 0 Å². The van der Waals surface area contributed by atoms with Crippen LogP contribution in [0, 0.1) is 0 Å². The molecular weight excluding hydrogens is 154 g/mol. The Morgan fingerprint density at radius 1 is 1.73 bits per heavy atom. The lowest BCUT2D eigenvalue weighted by atomic mass is 10.2. The third-order valence-electron chi connectivity index (χ3n) is 1.57. The SMILES string of the molecule is CN1CC(=O)N[C@H](C(F)F)C1. The van der Waals surface area contributed by atoms with E-state index in [1.54, 1.807) is 11.9 Å². The van der Waals surface area contributed by atoms with E-state index in [4.69, 9.17) is 0 Å². The molecule has 1 aliphatic rings. The number of piperazine rings is 1. The highest BCUT2D eigenvalue weighted by atomic mass is 19.3. The number of rotatable bonds is 1. The molecule has 0 aliphatic carbocycles. The summed E-state index contributed by atoms with van der Waals surface area (Å²) in [5.41, 5.74) is 0. The summed E-state index contributed by atoms with van der Waals surface area (Å²) in [5.74, 6) is -0.330. The predicted molar refractivity (Wildman–Crippen MR) is 35.4 cm³/mol. The van der Waals surface area contributed by atoms with E-state index in [2.05, 4.69) is 5.32 Å². The smallest absolute Gasteiger partial charge is 0.259 e. The Morgan fingerprint density at radius 3 is 2.82 bits per heavy atom. The summed E-state index contributed by atoms with van der Waals surface area (Å²) in [5, 5.41) is 2.22. The molecule has 1 amide bonds. The number of hydrogen-bond donors (Lipinski definition) is 1. The number of nitrogens with one attached hydrogen (secondary N) is 1. The highest BCUT2D eigenvalue weighted by Crippen LogP contribution is 2.05. The number of hydrogen-bond acceptors (Lipinski definition) is 2. The lowest BCUT2D eigenvalue weighted by Crippen LogP contribution is -2.55. The van der Waals surface area contributed by atoms with Crippen molar-refractivity contribution in [1.82, 2.24) is 10.2 Å². The molecule has 0 spiro atoms. The highest BCUT2D eigenvalue weighted by molar-refractivity contribution is 5.79. The van der Waals surface area contributed by atoms with E-state index >= 15 is 0 Å². The van der Waals surface area contributed by atoms with Gasteiger partial charge in [0.15, 0.2) is 0 Å². The number of likely N-dealkylation sites (N-methyl/N-ethyl adjacent to an activating group) is 1. The second kappa shape index (κ2) is 3.13. The molecular formula is C6H10F2N2O. The lowest BCUT2D eigenvalue weighted by molar-refractivity contribution is -0.127. The van der Waals surface area contributed by atoms with Gasteiger partial charge in [0, 0.05) is 6.54 Å². The van der Waals surface area contributed by atoms with E-state index in [0.29, 0.717) is 0 Å². The topological polar surface area (TPSA) is 32.3 Å². The van der Waals surface area contributed by atoms with Crippen LogP contribution in [0.5, 0.6) is 0 Å². The molecule has 1 saturated heterocycles. The summed E-state index contributed by atoms with van der Waals surface area (Å²) in [7, 11) is 1.65. The molecule has 0 aromatic heterocycles. The maximum Gasteiger partial charge on any atom is 0.259 e. The Labute approximate surface area is 63.4 Å². The summed E-state index contributed by atoms with van der Waals surface area (Å²) in [4.78, 5) is 12.3. The van der Waals surface area contributed by atoms with Crippen molar-refractivity contribution in [1.29, 1.82) is 0 Å². The standard InChI is InChI=1S/C6H10F2N2O/c1-10-2-4(6(7)8)9-5(11)3-10/h4,6H,2-3H2,1H3,(H,9,11)/t4-/m0/s1. The molecule has 3 nitrogen and oxygen atoms in total. The predicted octanol–water partition coefficient (Wildman–Crippen LogP) is -0.318. The summed E-state index contributed by atoms with van der Waals surface area (Å²) in [6.45, 7) is 0.437. The minimum Gasteiger partial charge on any atom is -0.345 e. The summed E-state index contributed by atoms with van der Waals surface area (Å²) < 4.78 is 24.1. The number of alkyl halides is 2. The van der Waals surface area contributed by atoms with Gasteiger partial charge in [0.05, 0.1) is 6.54 Å². The van der Waals surface area contributed by atoms with Gasteiger partial charge in [-0.25, -0.2) is 8.78 Å². The van der Waals surface area contributed by atoms with Gasteiger partial charge < -0.3 is 5.32 Å². The zero-order valence-electron chi connectivity index (χ0n) is 6.18. The Hall–Kier alpha value is -0.710. The van der Waals surface area contributed by atoms with Crippen molar-refractivity contribution in [3.8, 4) is 0 Å². The average molecular weight is 164 g/mol. The van der Waals surface area contributed by atoms with Crippen molar-refractivity contribution in [3.63, 3.8) is 0 Å². The largest absolute Gasteiger partial charge is 0.345 e. The monoisotopic (exact) mass is 164 g/mol. The van der Waals surface area contributed by atoms with Crippen LogP contribution < -0.4 is 5.32 Å². The molecule has 0 unspecified atom stereocenters. The molecule has 1 N–H and O–H groups in total. The Kier molecular flexibility index (Phi) is 2.38. The molecule has 1 heterocycles. The normalized spacial score (nSPS) is 27.3. The molecule has 5 heteroatoms. The second-order valence-corrected chi connectivity index (χ2v) is 2.71. The van der Waals surface area contributed by atoms with Crippen molar-refractivity contribution in [2.24, 2.45) is 0 Å². The van der Waals surface area contributed by atoms with Gasteiger partial charge in [0.1, 0.15) is 6.04 Å². The average Bonchev–Trinajstić information content (AvgIpc) is 1.85. The summed E-state index contributed by atoms with van der Waals surface area (Å²) >= 11 is 0. The zero-order valence-corrected chi connectivity index (χ0v) is 6.18. The molecule has 1 aliphatic heterocycles. The van der Waals surface area contributed by atoms with Crippen LogP contribution >= 0.6 is 0 Å². The molecule has 11 heavy (non-hydrogen) atoms. The van der Waals surface area contributed by atoms with Crippen molar-refractivity contribution in [2.75, 3.05) is 20.1 Å². The molecule has 0 aromatic carbocycles. The zero-order chi connectivity index (χ0) is 8.43. The van der Waals surface area contributed by atoms with Gasteiger partial charge in [-0.1, -0.05) is 0 Å². The van der Waals surface area contributed by atoms with E-state index in [9.17, 15) is 13.6 Å². The van der Waals surface area contributed by atoms with Gasteiger partial charge in [0.25, 0.3) is 6.43 Å². The van der Waals surface area contributed by atoms with Crippen LogP contribution in [0.25, 0.3) is 0 Å². The lowest BCUT2D eigenvalue weighted by Gasteiger charge is -2.29. The van der Waals surface area contributed by atoms with Crippen LogP contribution in [0.15, 0.2) is 0 Å². The van der Waals surface area contributed by atoms with Crippen molar-refractivity contribution in [2.45, 2.75) is 12.5 Å². The van der Waals surface area contributed by atoms with Crippen LogP contribution in [0.1, 0.15) is 0 Å². The van der Waals surface area contributed by atoms with E-state index in [0.717, 1.165) is 0 Å². The van der Waals surface area contributed by atoms with Crippen LogP contribution in [-0.4, -0.2) is 43.4 Å². The van der Waals surface area contributed by atoms with Crippen LogP contribution in [0.4, 0.5) is 8.78 Å². The molecule has 1 rings (SSSR count). The Bertz CT molecular complexity index is 163. The number of nitrogens with zero attached hydrogens (tertiary/aromatic N) is 1. The first-order chi connectivity index (χ1) is 5.09. The molecule has 0 radical (unpaired) electrons. The van der Waals surface area contributed by atoms with Gasteiger partial charge in [-0.05, 0) is 7.05 Å². The van der Waals surface area contributed by atoms with E-state index < -0.39 is 12.5 Å². The van der Waals surface area contributed by atoms with Crippen molar-refractivity contribution >= 4 is 5.91 Å². The quantitative estimate of drug-likeness (QED) is 0.576. The third kappa shape index (κ3) is 2.11. The first-order valence-corrected chi connectivity index (χ1v) is 3.35. The third-order valence-corrected chi connectivity index (χ3v) is 1.57. The van der Waals surface area contributed by atoms with Gasteiger partial charge in [-0.15, -0.1) is 0 Å². The van der Waals surface area contributed by atoms with Gasteiger partial charge >= 0.3 is 0 Å². The van der Waals surface area contributed by atoms with Crippen LogP contribution in [0.3, 0.4) is 0 Å². The number of carbonyl (C=O) groups is 1. The van der Waals surface area contributed by atoms with E-state index in [1.807, 2.05) is 0 Å². The maximum absolute atomic E-state index is 12.0. The summed E-state index contributed by atoms with van der Waals surface area (Å²) in [6.07, 6.45) is -2.47. The minimum absolute atomic E-state index is 0.212. The van der Waals surface area contributed by atoms with Crippen molar-refractivity contribution < 1.29 is 13.6 Å².